The van der Waals surface area contributed by atoms with Crippen molar-refractivity contribution in [3.05, 3.63) is 92.0 Å². The van der Waals surface area contributed by atoms with Crippen LogP contribution in [0.1, 0.15) is 38.1 Å². The molecule has 0 atom stereocenters. The van der Waals surface area contributed by atoms with Gasteiger partial charge < -0.3 is 15.2 Å². The number of carbonyl (C=O) groups excluding carboxylic acids is 2. The van der Waals surface area contributed by atoms with Crippen molar-refractivity contribution < 1.29 is 9.59 Å². The summed E-state index contributed by atoms with van der Waals surface area (Å²) in [5.74, 6) is -0.957. The third-order valence-corrected chi connectivity index (χ3v) is 5.29. The lowest BCUT2D eigenvalue weighted by Crippen LogP contribution is -2.35. The SMILES string of the molecule is CCNC(=O)c1cn(CCc2ccccc2)cc(C(=O)NCc2cccs2)c1=O. The highest BCUT2D eigenvalue weighted by Crippen LogP contribution is 2.08. The number of nitrogens with zero attached hydrogens (tertiary/aromatic N) is 1. The highest BCUT2D eigenvalue weighted by atomic mass is 32.1. The van der Waals surface area contributed by atoms with Crippen LogP contribution in [0, 0.1) is 0 Å². The molecule has 1 aromatic carbocycles. The van der Waals surface area contributed by atoms with Crippen LogP contribution >= 0.6 is 11.3 Å². The summed E-state index contributed by atoms with van der Waals surface area (Å²) in [6.45, 7) is 3.06. The minimum absolute atomic E-state index is 0.0244. The molecule has 3 aromatic rings. The van der Waals surface area contributed by atoms with Gasteiger partial charge in [-0.15, -0.1) is 11.3 Å². The monoisotopic (exact) mass is 409 g/mol. The Morgan fingerprint density at radius 2 is 1.66 bits per heavy atom. The van der Waals surface area contributed by atoms with Crippen LogP contribution in [0.3, 0.4) is 0 Å². The molecule has 2 amide bonds. The van der Waals surface area contributed by atoms with Crippen molar-refractivity contribution in [3.63, 3.8) is 0 Å². The maximum Gasteiger partial charge on any atom is 0.257 e. The Kier molecular flexibility index (Phi) is 6.97. The topological polar surface area (TPSA) is 80.2 Å². The molecule has 0 saturated carbocycles. The summed E-state index contributed by atoms with van der Waals surface area (Å²) in [6, 6.07) is 13.7. The van der Waals surface area contributed by atoms with E-state index in [1.54, 1.807) is 11.5 Å². The van der Waals surface area contributed by atoms with E-state index in [-0.39, 0.29) is 11.1 Å². The first kappa shape index (κ1) is 20.5. The Morgan fingerprint density at radius 3 is 2.28 bits per heavy atom. The maximum atomic E-state index is 12.8. The van der Waals surface area contributed by atoms with Crippen molar-refractivity contribution in [2.24, 2.45) is 0 Å². The van der Waals surface area contributed by atoms with Gasteiger partial charge in [0.05, 0.1) is 6.54 Å². The summed E-state index contributed by atoms with van der Waals surface area (Å²) in [5, 5.41) is 7.33. The molecule has 3 rings (SSSR count). The molecule has 2 heterocycles. The van der Waals surface area contributed by atoms with Crippen LogP contribution in [-0.4, -0.2) is 22.9 Å². The summed E-state index contributed by atoms with van der Waals surface area (Å²) in [4.78, 5) is 38.8. The summed E-state index contributed by atoms with van der Waals surface area (Å²) < 4.78 is 1.74. The Labute approximate surface area is 173 Å². The van der Waals surface area contributed by atoms with Crippen molar-refractivity contribution in [2.75, 3.05) is 6.54 Å². The van der Waals surface area contributed by atoms with Crippen LogP contribution in [0.25, 0.3) is 0 Å². The van der Waals surface area contributed by atoms with Gasteiger partial charge in [-0.25, -0.2) is 0 Å². The standard InChI is InChI=1S/C22H23N3O3S/c1-2-23-21(27)18-14-25(11-10-16-7-4-3-5-8-16)15-19(20(18)26)22(28)24-13-17-9-6-12-29-17/h3-9,12,14-15H,2,10-11,13H2,1H3,(H,23,27)(H,24,28). The molecule has 0 fully saturated rings. The molecule has 0 aliphatic heterocycles. The fourth-order valence-electron chi connectivity index (χ4n) is 2.92. The van der Waals surface area contributed by atoms with E-state index in [0.29, 0.717) is 19.6 Å². The zero-order chi connectivity index (χ0) is 20.6. The van der Waals surface area contributed by atoms with Gasteiger partial charge in [0, 0.05) is 30.4 Å². The Hall–Kier alpha value is -3.19. The predicted octanol–water partition coefficient (Wildman–Crippen LogP) is 2.83. The lowest BCUT2D eigenvalue weighted by atomic mass is 10.1. The van der Waals surface area contributed by atoms with Crippen LogP contribution in [0.2, 0.25) is 0 Å². The van der Waals surface area contributed by atoms with Gasteiger partial charge in [0.2, 0.25) is 5.43 Å². The zero-order valence-electron chi connectivity index (χ0n) is 16.2. The number of aromatic nitrogens is 1. The third kappa shape index (κ3) is 5.42. The maximum absolute atomic E-state index is 12.8. The van der Waals surface area contributed by atoms with Gasteiger partial charge >= 0.3 is 0 Å². The van der Waals surface area contributed by atoms with E-state index >= 15 is 0 Å². The first-order valence-corrected chi connectivity index (χ1v) is 10.3. The number of pyridine rings is 1. The van der Waals surface area contributed by atoms with Crippen LogP contribution in [0.5, 0.6) is 0 Å². The van der Waals surface area contributed by atoms with E-state index < -0.39 is 17.2 Å². The molecule has 6 nitrogen and oxygen atoms in total. The Morgan fingerprint density at radius 1 is 0.966 bits per heavy atom. The van der Waals surface area contributed by atoms with Crippen LogP contribution in [0.4, 0.5) is 0 Å². The van der Waals surface area contributed by atoms with Crippen molar-refractivity contribution in [3.8, 4) is 0 Å². The average molecular weight is 410 g/mol. The molecule has 0 aliphatic carbocycles. The quantitative estimate of drug-likeness (QED) is 0.600. The third-order valence-electron chi connectivity index (χ3n) is 4.41. The van der Waals surface area contributed by atoms with Gasteiger partial charge in [0.15, 0.2) is 0 Å². The van der Waals surface area contributed by atoms with Crippen molar-refractivity contribution >= 4 is 23.2 Å². The first-order chi connectivity index (χ1) is 14.1. The number of carbonyl (C=O) groups is 2. The molecular formula is C22H23N3O3S. The lowest BCUT2D eigenvalue weighted by Gasteiger charge is -2.12. The summed E-state index contributed by atoms with van der Waals surface area (Å²) in [7, 11) is 0. The van der Waals surface area contributed by atoms with Crippen LogP contribution in [0.15, 0.2) is 65.0 Å². The molecule has 0 spiro atoms. The number of thiophene rings is 1. The fourth-order valence-corrected chi connectivity index (χ4v) is 3.56. The van der Waals surface area contributed by atoms with Gasteiger partial charge in [0.25, 0.3) is 11.8 Å². The molecule has 2 N–H and O–H groups in total. The molecule has 0 unspecified atom stereocenters. The van der Waals surface area contributed by atoms with Crippen LogP contribution in [-0.2, 0) is 19.5 Å². The van der Waals surface area contributed by atoms with E-state index in [4.69, 9.17) is 0 Å². The second-order valence-electron chi connectivity index (χ2n) is 6.51. The molecular weight excluding hydrogens is 386 g/mol. The number of nitrogens with one attached hydrogen (secondary N) is 2. The highest BCUT2D eigenvalue weighted by molar-refractivity contribution is 7.09. The second kappa shape index (κ2) is 9.84. The Balaban J connectivity index is 1.86. The minimum Gasteiger partial charge on any atom is -0.352 e. The van der Waals surface area contributed by atoms with Crippen molar-refractivity contribution in [1.82, 2.24) is 15.2 Å². The van der Waals surface area contributed by atoms with Gasteiger partial charge in [-0.1, -0.05) is 36.4 Å². The largest absolute Gasteiger partial charge is 0.352 e. The van der Waals surface area contributed by atoms with Crippen molar-refractivity contribution in [1.29, 1.82) is 0 Å². The van der Waals surface area contributed by atoms with E-state index in [9.17, 15) is 14.4 Å². The zero-order valence-corrected chi connectivity index (χ0v) is 17.0. The molecule has 0 saturated heterocycles. The molecule has 29 heavy (non-hydrogen) atoms. The van der Waals surface area contributed by atoms with Crippen LogP contribution < -0.4 is 16.1 Å². The summed E-state index contributed by atoms with van der Waals surface area (Å²) in [6.07, 6.45) is 3.76. The number of hydrogen-bond donors (Lipinski definition) is 2. The number of benzene rings is 1. The number of rotatable bonds is 8. The van der Waals surface area contributed by atoms with E-state index in [1.165, 1.54) is 23.7 Å². The normalized spacial score (nSPS) is 10.5. The molecule has 0 aliphatic rings. The van der Waals surface area contributed by atoms with E-state index in [1.807, 2.05) is 47.8 Å². The molecule has 2 aromatic heterocycles. The van der Waals surface area contributed by atoms with Crippen molar-refractivity contribution in [2.45, 2.75) is 26.4 Å². The van der Waals surface area contributed by atoms with Gasteiger partial charge in [0.1, 0.15) is 11.1 Å². The first-order valence-electron chi connectivity index (χ1n) is 9.45. The molecule has 7 heteroatoms. The van der Waals surface area contributed by atoms with E-state index in [0.717, 1.165) is 16.9 Å². The van der Waals surface area contributed by atoms with Gasteiger partial charge in [-0.05, 0) is 30.4 Å². The smallest absolute Gasteiger partial charge is 0.257 e. The molecule has 150 valence electrons. The van der Waals surface area contributed by atoms with Gasteiger partial charge in [-0.3, -0.25) is 14.4 Å². The summed E-state index contributed by atoms with van der Waals surface area (Å²) >= 11 is 1.53. The predicted molar refractivity (Wildman–Crippen MR) is 114 cm³/mol. The Bertz CT molecular complexity index is 1030. The number of hydrogen-bond acceptors (Lipinski definition) is 4. The molecule has 0 bridgehead atoms. The highest BCUT2D eigenvalue weighted by Gasteiger charge is 2.19. The average Bonchev–Trinajstić information content (AvgIpc) is 3.26. The number of amides is 2. The lowest BCUT2D eigenvalue weighted by molar-refractivity contribution is 0.0949. The molecule has 0 radical (unpaired) electrons. The van der Waals surface area contributed by atoms with Gasteiger partial charge in [-0.2, -0.15) is 0 Å². The number of aryl methyl sites for hydroxylation is 2. The van der Waals surface area contributed by atoms with E-state index in [2.05, 4.69) is 10.6 Å². The summed E-state index contributed by atoms with van der Waals surface area (Å²) in [5.41, 5.74) is 0.520. The second-order valence-corrected chi connectivity index (χ2v) is 7.54. The fraction of sp³-hybridized carbons (Fsp3) is 0.227. The minimum atomic E-state index is -0.560.